The average Bonchev–Trinajstić information content (AvgIpc) is 2.19. The molecule has 0 N–H and O–H groups in total. The van der Waals surface area contributed by atoms with E-state index in [-0.39, 0.29) is 0 Å². The lowest BCUT2D eigenvalue weighted by molar-refractivity contribution is -0.118. The van der Waals surface area contributed by atoms with Crippen molar-refractivity contribution in [1.82, 2.24) is 4.90 Å². The Morgan fingerprint density at radius 1 is 1.43 bits per heavy atom. The number of allylic oxidation sites excluding steroid dienone is 2. The molecule has 1 aliphatic heterocycles. The van der Waals surface area contributed by atoms with E-state index in [0.717, 1.165) is 38.4 Å². The van der Waals surface area contributed by atoms with Gasteiger partial charge in [0.15, 0.2) is 5.78 Å². The van der Waals surface area contributed by atoms with E-state index in [2.05, 4.69) is 17.9 Å². The van der Waals surface area contributed by atoms with E-state index < -0.39 is 0 Å². The van der Waals surface area contributed by atoms with Crippen LogP contribution in [0.5, 0.6) is 0 Å². The van der Waals surface area contributed by atoms with Crippen LogP contribution in [0.1, 0.15) is 19.8 Å². The van der Waals surface area contributed by atoms with Crippen molar-refractivity contribution in [2.24, 2.45) is 5.92 Å². The third kappa shape index (κ3) is 1.98. The SMILES string of the molecule is CC1CC=C(N2CCOCC2)C(=O)C1. The van der Waals surface area contributed by atoms with Crippen LogP contribution in [0, 0.1) is 5.92 Å². The van der Waals surface area contributed by atoms with Gasteiger partial charge in [0.05, 0.1) is 18.9 Å². The van der Waals surface area contributed by atoms with Gasteiger partial charge in [-0.15, -0.1) is 0 Å². The summed E-state index contributed by atoms with van der Waals surface area (Å²) < 4.78 is 5.27. The third-order valence-corrected chi connectivity index (χ3v) is 2.88. The van der Waals surface area contributed by atoms with Gasteiger partial charge in [-0.25, -0.2) is 0 Å². The fraction of sp³-hybridized carbons (Fsp3) is 0.727. The van der Waals surface area contributed by atoms with Crippen LogP contribution in [-0.4, -0.2) is 37.0 Å². The number of carbonyl (C=O) groups is 1. The van der Waals surface area contributed by atoms with Crippen LogP contribution in [0.2, 0.25) is 0 Å². The molecular weight excluding hydrogens is 178 g/mol. The number of hydrogen-bond donors (Lipinski definition) is 0. The quantitative estimate of drug-likeness (QED) is 0.629. The average molecular weight is 195 g/mol. The van der Waals surface area contributed by atoms with E-state index in [1.807, 2.05) is 0 Å². The highest BCUT2D eigenvalue weighted by Crippen LogP contribution is 2.22. The molecule has 0 radical (unpaired) electrons. The first-order valence-corrected chi connectivity index (χ1v) is 5.33. The summed E-state index contributed by atoms with van der Waals surface area (Å²) in [4.78, 5) is 13.9. The minimum Gasteiger partial charge on any atom is -0.378 e. The summed E-state index contributed by atoms with van der Waals surface area (Å²) in [5.41, 5.74) is 0.936. The number of ketones is 1. The zero-order valence-electron chi connectivity index (χ0n) is 8.66. The first kappa shape index (κ1) is 9.71. The highest BCUT2D eigenvalue weighted by molar-refractivity contribution is 5.95. The van der Waals surface area contributed by atoms with Crippen molar-refractivity contribution in [3.8, 4) is 0 Å². The fourth-order valence-corrected chi connectivity index (χ4v) is 2.04. The zero-order valence-corrected chi connectivity index (χ0v) is 8.66. The monoisotopic (exact) mass is 195 g/mol. The van der Waals surface area contributed by atoms with Crippen molar-refractivity contribution >= 4 is 5.78 Å². The Labute approximate surface area is 84.7 Å². The Bertz CT molecular complexity index is 254. The molecule has 1 aliphatic carbocycles. The van der Waals surface area contributed by atoms with Gasteiger partial charge in [-0.2, -0.15) is 0 Å². The topological polar surface area (TPSA) is 29.5 Å². The van der Waals surface area contributed by atoms with Crippen LogP contribution in [0.25, 0.3) is 0 Å². The highest BCUT2D eigenvalue weighted by atomic mass is 16.5. The normalized spacial score (nSPS) is 28.9. The number of nitrogens with zero attached hydrogens (tertiary/aromatic N) is 1. The van der Waals surface area contributed by atoms with Crippen LogP contribution in [0.3, 0.4) is 0 Å². The molecular formula is C11H17NO2. The molecule has 3 heteroatoms. The van der Waals surface area contributed by atoms with Crippen LogP contribution >= 0.6 is 0 Å². The molecule has 1 heterocycles. The third-order valence-electron chi connectivity index (χ3n) is 2.88. The summed E-state index contributed by atoms with van der Waals surface area (Å²) in [6.07, 6.45) is 3.85. The maximum Gasteiger partial charge on any atom is 0.178 e. The van der Waals surface area contributed by atoms with Crippen molar-refractivity contribution in [3.63, 3.8) is 0 Å². The highest BCUT2D eigenvalue weighted by Gasteiger charge is 2.24. The Balaban J connectivity index is 2.05. The largest absolute Gasteiger partial charge is 0.378 e. The van der Waals surface area contributed by atoms with Gasteiger partial charge in [0, 0.05) is 19.5 Å². The molecule has 0 spiro atoms. The second-order valence-electron chi connectivity index (χ2n) is 4.16. The molecule has 0 bridgehead atoms. The first-order valence-electron chi connectivity index (χ1n) is 5.33. The Kier molecular flexibility index (Phi) is 2.87. The number of hydrogen-bond acceptors (Lipinski definition) is 3. The minimum absolute atomic E-state index is 0.311. The van der Waals surface area contributed by atoms with E-state index in [4.69, 9.17) is 4.74 Å². The fourth-order valence-electron chi connectivity index (χ4n) is 2.04. The van der Waals surface area contributed by atoms with E-state index in [1.165, 1.54) is 0 Å². The van der Waals surface area contributed by atoms with Gasteiger partial charge in [-0.3, -0.25) is 4.79 Å². The molecule has 1 fully saturated rings. The van der Waals surface area contributed by atoms with Gasteiger partial charge in [-0.05, 0) is 12.3 Å². The number of carbonyl (C=O) groups excluding carboxylic acids is 1. The Morgan fingerprint density at radius 3 is 2.79 bits per heavy atom. The first-order chi connectivity index (χ1) is 6.77. The van der Waals surface area contributed by atoms with Crippen LogP contribution < -0.4 is 0 Å². The lowest BCUT2D eigenvalue weighted by Gasteiger charge is -2.32. The van der Waals surface area contributed by atoms with E-state index in [9.17, 15) is 4.79 Å². The zero-order chi connectivity index (χ0) is 9.97. The molecule has 1 unspecified atom stereocenters. The lowest BCUT2D eigenvalue weighted by atomic mass is 9.92. The number of Topliss-reactive ketones (excluding diaryl/α,β-unsaturated/α-hetero) is 1. The molecule has 2 rings (SSSR count). The van der Waals surface area contributed by atoms with Gasteiger partial charge in [0.1, 0.15) is 0 Å². The lowest BCUT2D eigenvalue weighted by Crippen LogP contribution is -2.39. The maximum absolute atomic E-state index is 11.8. The smallest absolute Gasteiger partial charge is 0.178 e. The molecule has 3 nitrogen and oxygen atoms in total. The molecule has 14 heavy (non-hydrogen) atoms. The minimum atomic E-state index is 0.311. The Hall–Kier alpha value is -0.830. The van der Waals surface area contributed by atoms with Gasteiger partial charge in [0.2, 0.25) is 0 Å². The molecule has 0 aromatic carbocycles. The molecule has 1 atom stereocenters. The van der Waals surface area contributed by atoms with Crippen LogP contribution in [0.15, 0.2) is 11.8 Å². The molecule has 0 aromatic rings. The predicted molar refractivity (Wildman–Crippen MR) is 53.9 cm³/mol. The molecule has 78 valence electrons. The summed E-state index contributed by atoms with van der Waals surface area (Å²) in [7, 11) is 0. The van der Waals surface area contributed by atoms with E-state index >= 15 is 0 Å². The van der Waals surface area contributed by atoms with Gasteiger partial charge < -0.3 is 9.64 Å². The van der Waals surface area contributed by atoms with Crippen molar-refractivity contribution in [2.75, 3.05) is 26.3 Å². The summed E-state index contributed by atoms with van der Waals surface area (Å²) in [6, 6.07) is 0. The van der Waals surface area contributed by atoms with Gasteiger partial charge in [-0.1, -0.05) is 13.0 Å². The van der Waals surface area contributed by atoms with Crippen LogP contribution in [0.4, 0.5) is 0 Å². The molecule has 2 aliphatic rings. The summed E-state index contributed by atoms with van der Waals surface area (Å²) >= 11 is 0. The molecule has 0 amide bonds. The van der Waals surface area contributed by atoms with Crippen molar-refractivity contribution in [2.45, 2.75) is 19.8 Å². The second kappa shape index (κ2) is 4.13. The maximum atomic E-state index is 11.8. The number of rotatable bonds is 1. The standard InChI is InChI=1S/C11H17NO2/c1-9-2-3-10(11(13)8-9)12-4-6-14-7-5-12/h3,9H,2,4-8H2,1H3. The van der Waals surface area contributed by atoms with Crippen molar-refractivity contribution in [1.29, 1.82) is 0 Å². The van der Waals surface area contributed by atoms with Crippen LogP contribution in [-0.2, 0) is 9.53 Å². The van der Waals surface area contributed by atoms with Crippen molar-refractivity contribution in [3.05, 3.63) is 11.8 Å². The molecule has 0 aromatic heterocycles. The van der Waals surface area contributed by atoms with Gasteiger partial charge >= 0.3 is 0 Å². The number of morpholine rings is 1. The number of ether oxygens (including phenoxy) is 1. The Morgan fingerprint density at radius 2 is 2.14 bits per heavy atom. The second-order valence-corrected chi connectivity index (χ2v) is 4.16. The van der Waals surface area contributed by atoms with E-state index in [1.54, 1.807) is 0 Å². The van der Waals surface area contributed by atoms with Gasteiger partial charge in [0.25, 0.3) is 0 Å². The van der Waals surface area contributed by atoms with Crippen molar-refractivity contribution < 1.29 is 9.53 Å². The summed E-state index contributed by atoms with van der Waals surface area (Å²) in [6.45, 7) is 5.36. The molecule has 0 saturated carbocycles. The summed E-state index contributed by atoms with van der Waals surface area (Å²) in [5.74, 6) is 0.831. The molecule has 1 saturated heterocycles. The predicted octanol–water partition coefficient (Wildman–Crippen LogP) is 1.20. The summed E-state index contributed by atoms with van der Waals surface area (Å²) in [5, 5.41) is 0. The van der Waals surface area contributed by atoms with E-state index in [0.29, 0.717) is 18.1 Å².